The minimum atomic E-state index is -0.471. The van der Waals surface area contributed by atoms with Crippen molar-refractivity contribution in [2.75, 3.05) is 0 Å². The van der Waals surface area contributed by atoms with Crippen LogP contribution in [0.5, 0.6) is 5.75 Å². The van der Waals surface area contributed by atoms with Crippen LogP contribution >= 0.6 is 0 Å². The zero-order chi connectivity index (χ0) is 19.6. The van der Waals surface area contributed by atoms with Crippen LogP contribution in [0.3, 0.4) is 0 Å². The molecule has 0 fully saturated rings. The SMILES string of the molecule is O=C(C=Cc1ccccc1)Oc1ccc(C=NNC(=O)c2cnccn2)cc1. The van der Waals surface area contributed by atoms with Gasteiger partial charge in [-0.2, -0.15) is 5.10 Å². The second-order valence-corrected chi connectivity index (χ2v) is 5.52. The number of rotatable bonds is 6. The summed E-state index contributed by atoms with van der Waals surface area (Å²) in [5, 5.41) is 3.86. The molecule has 138 valence electrons. The third kappa shape index (κ3) is 5.70. The van der Waals surface area contributed by atoms with Gasteiger partial charge < -0.3 is 4.74 Å². The van der Waals surface area contributed by atoms with Gasteiger partial charge in [-0.3, -0.25) is 9.78 Å². The maximum Gasteiger partial charge on any atom is 0.336 e. The molecule has 2 aromatic carbocycles. The molecule has 1 aromatic heterocycles. The molecule has 0 radical (unpaired) electrons. The number of esters is 1. The van der Waals surface area contributed by atoms with E-state index >= 15 is 0 Å². The molecule has 0 saturated carbocycles. The van der Waals surface area contributed by atoms with Gasteiger partial charge in [0.15, 0.2) is 0 Å². The molecule has 0 aliphatic rings. The summed E-state index contributed by atoms with van der Waals surface area (Å²) in [4.78, 5) is 31.3. The van der Waals surface area contributed by atoms with E-state index in [2.05, 4.69) is 20.5 Å². The fraction of sp³-hybridized carbons (Fsp3) is 0. The smallest absolute Gasteiger partial charge is 0.336 e. The van der Waals surface area contributed by atoms with E-state index in [0.29, 0.717) is 5.75 Å². The molecule has 0 aliphatic carbocycles. The van der Waals surface area contributed by atoms with E-state index in [1.165, 1.54) is 30.9 Å². The Morgan fingerprint density at radius 3 is 2.46 bits per heavy atom. The minimum absolute atomic E-state index is 0.172. The summed E-state index contributed by atoms with van der Waals surface area (Å²) < 4.78 is 5.24. The molecule has 28 heavy (non-hydrogen) atoms. The second-order valence-electron chi connectivity index (χ2n) is 5.52. The fourth-order valence-electron chi connectivity index (χ4n) is 2.14. The Hall–Kier alpha value is -4.13. The van der Waals surface area contributed by atoms with Crippen molar-refractivity contribution < 1.29 is 14.3 Å². The highest BCUT2D eigenvalue weighted by molar-refractivity contribution is 5.92. The molecule has 0 spiro atoms. The van der Waals surface area contributed by atoms with Crippen molar-refractivity contribution >= 4 is 24.2 Å². The number of amides is 1. The van der Waals surface area contributed by atoms with E-state index in [-0.39, 0.29) is 5.69 Å². The first-order chi connectivity index (χ1) is 13.7. The number of aromatic nitrogens is 2. The first-order valence-corrected chi connectivity index (χ1v) is 8.35. The number of nitrogens with one attached hydrogen (secondary N) is 1. The highest BCUT2D eigenvalue weighted by Gasteiger charge is 2.04. The van der Waals surface area contributed by atoms with Gasteiger partial charge >= 0.3 is 5.97 Å². The minimum Gasteiger partial charge on any atom is -0.423 e. The van der Waals surface area contributed by atoms with E-state index in [9.17, 15) is 9.59 Å². The van der Waals surface area contributed by atoms with Gasteiger partial charge in [-0.1, -0.05) is 30.3 Å². The van der Waals surface area contributed by atoms with Gasteiger partial charge in [0.05, 0.1) is 12.4 Å². The number of carbonyl (C=O) groups is 2. The topological polar surface area (TPSA) is 93.5 Å². The number of carbonyl (C=O) groups excluding carboxylic acids is 2. The maximum absolute atomic E-state index is 11.9. The van der Waals surface area contributed by atoms with Crippen LogP contribution in [0.1, 0.15) is 21.6 Å². The average molecular weight is 372 g/mol. The largest absolute Gasteiger partial charge is 0.423 e. The van der Waals surface area contributed by atoms with Gasteiger partial charge in [0.25, 0.3) is 5.91 Å². The van der Waals surface area contributed by atoms with Crippen LogP contribution in [0.4, 0.5) is 0 Å². The van der Waals surface area contributed by atoms with Crippen LogP contribution in [0, 0.1) is 0 Å². The Kier molecular flexibility index (Phi) is 6.35. The number of hydrogen-bond donors (Lipinski definition) is 1. The van der Waals surface area contributed by atoms with Gasteiger partial charge in [-0.25, -0.2) is 15.2 Å². The first kappa shape index (κ1) is 18.7. The summed E-state index contributed by atoms with van der Waals surface area (Å²) >= 11 is 0. The molecule has 0 unspecified atom stereocenters. The quantitative estimate of drug-likeness (QED) is 0.236. The molecule has 1 heterocycles. The predicted octanol–water partition coefficient (Wildman–Crippen LogP) is 2.86. The van der Waals surface area contributed by atoms with Gasteiger partial charge in [0.2, 0.25) is 0 Å². The molecule has 7 heteroatoms. The van der Waals surface area contributed by atoms with E-state index in [4.69, 9.17) is 4.74 Å². The Bertz CT molecular complexity index is 985. The van der Waals surface area contributed by atoms with Crippen molar-refractivity contribution in [1.29, 1.82) is 0 Å². The Balaban J connectivity index is 1.51. The molecule has 0 atom stereocenters. The number of hydrogen-bond acceptors (Lipinski definition) is 6. The molecule has 3 aromatic rings. The number of hydrazone groups is 1. The molecule has 1 N–H and O–H groups in total. The second kappa shape index (κ2) is 9.54. The van der Waals surface area contributed by atoms with Gasteiger partial charge in [0, 0.05) is 18.5 Å². The van der Waals surface area contributed by atoms with Crippen molar-refractivity contribution in [3.8, 4) is 5.75 Å². The van der Waals surface area contributed by atoms with Crippen LogP contribution in [0.2, 0.25) is 0 Å². The molecule has 7 nitrogen and oxygen atoms in total. The zero-order valence-electron chi connectivity index (χ0n) is 14.7. The normalized spacial score (nSPS) is 10.9. The first-order valence-electron chi connectivity index (χ1n) is 8.35. The molecule has 1 amide bonds. The van der Waals surface area contributed by atoms with Gasteiger partial charge in [-0.05, 0) is 41.5 Å². The summed E-state index contributed by atoms with van der Waals surface area (Å²) in [6.45, 7) is 0. The summed E-state index contributed by atoms with van der Waals surface area (Å²) in [6, 6.07) is 16.2. The van der Waals surface area contributed by atoms with Crippen molar-refractivity contribution in [1.82, 2.24) is 15.4 Å². The van der Waals surface area contributed by atoms with Crippen LogP contribution in [-0.4, -0.2) is 28.1 Å². The highest BCUT2D eigenvalue weighted by atomic mass is 16.5. The monoisotopic (exact) mass is 372 g/mol. The lowest BCUT2D eigenvalue weighted by atomic mass is 10.2. The lowest BCUT2D eigenvalue weighted by Crippen LogP contribution is -2.19. The summed E-state index contributed by atoms with van der Waals surface area (Å²) in [5.74, 6) is -0.523. The van der Waals surface area contributed by atoms with Gasteiger partial charge in [-0.15, -0.1) is 0 Å². The van der Waals surface area contributed by atoms with Crippen LogP contribution in [0.15, 0.2) is 84.4 Å². The molecular weight excluding hydrogens is 356 g/mol. The summed E-state index contributed by atoms with van der Waals surface area (Å²) in [5.41, 5.74) is 4.16. The average Bonchev–Trinajstić information content (AvgIpc) is 2.75. The molecule has 3 rings (SSSR count). The van der Waals surface area contributed by atoms with Crippen molar-refractivity contribution in [3.63, 3.8) is 0 Å². The van der Waals surface area contributed by atoms with Gasteiger partial charge in [0.1, 0.15) is 11.4 Å². The standard InChI is InChI=1S/C21H16N4O3/c26-20(11-8-16-4-2-1-3-5-16)28-18-9-6-17(7-10-18)14-24-25-21(27)19-15-22-12-13-23-19/h1-15H,(H,25,27). The third-order valence-corrected chi connectivity index (χ3v) is 3.49. The predicted molar refractivity (Wildman–Crippen MR) is 105 cm³/mol. The maximum atomic E-state index is 11.9. The fourth-order valence-corrected chi connectivity index (χ4v) is 2.14. The number of benzene rings is 2. The zero-order valence-corrected chi connectivity index (χ0v) is 14.7. The van der Waals surface area contributed by atoms with Crippen molar-refractivity contribution in [2.45, 2.75) is 0 Å². The molecule has 0 aliphatic heterocycles. The number of nitrogens with zero attached hydrogens (tertiary/aromatic N) is 3. The highest BCUT2D eigenvalue weighted by Crippen LogP contribution is 2.12. The van der Waals surface area contributed by atoms with E-state index < -0.39 is 11.9 Å². The van der Waals surface area contributed by atoms with Crippen LogP contribution < -0.4 is 10.2 Å². The summed E-state index contributed by atoms with van der Waals surface area (Å²) in [6.07, 6.45) is 8.77. The Labute approximate surface area is 161 Å². The van der Waals surface area contributed by atoms with Crippen molar-refractivity contribution in [2.24, 2.45) is 5.10 Å². The van der Waals surface area contributed by atoms with E-state index in [1.807, 2.05) is 30.3 Å². The van der Waals surface area contributed by atoms with Crippen LogP contribution in [0.25, 0.3) is 6.08 Å². The number of ether oxygens (including phenoxy) is 1. The molecular formula is C21H16N4O3. The third-order valence-electron chi connectivity index (χ3n) is 3.49. The van der Waals surface area contributed by atoms with Crippen molar-refractivity contribution in [3.05, 3.63) is 96.1 Å². The van der Waals surface area contributed by atoms with E-state index in [1.54, 1.807) is 30.3 Å². The summed E-state index contributed by atoms with van der Waals surface area (Å²) in [7, 11) is 0. The lowest BCUT2D eigenvalue weighted by molar-refractivity contribution is -0.128. The van der Waals surface area contributed by atoms with E-state index in [0.717, 1.165) is 11.1 Å². The molecule has 0 bridgehead atoms. The molecule has 0 saturated heterocycles. The Morgan fingerprint density at radius 1 is 0.964 bits per heavy atom. The van der Waals surface area contributed by atoms with Crippen LogP contribution in [-0.2, 0) is 4.79 Å². The lowest BCUT2D eigenvalue weighted by Gasteiger charge is -2.02. The Morgan fingerprint density at radius 2 is 1.75 bits per heavy atom.